The second-order valence-corrected chi connectivity index (χ2v) is 5.33. The molecule has 2 rings (SSSR count). The molecule has 1 aliphatic heterocycles. The van der Waals surface area contributed by atoms with Gasteiger partial charge >= 0.3 is 5.97 Å². The van der Waals surface area contributed by atoms with E-state index in [9.17, 15) is 4.79 Å². The van der Waals surface area contributed by atoms with Crippen LogP contribution >= 0.6 is 11.6 Å². The number of halogens is 1. The number of fused-ring (bicyclic) bond motifs is 1. The lowest BCUT2D eigenvalue weighted by molar-refractivity contribution is -0.157. The standard InChI is InChI=1S/C16H21ClO4/c1-2-19-16(18)15-12-8-7-9-13(17)14(12)20-10-5-3-4-6-11-21-15/h7-9,15H,2-6,10-11H2,1H3. The zero-order chi connectivity index (χ0) is 15.1. The summed E-state index contributed by atoms with van der Waals surface area (Å²) < 4.78 is 16.7. The Labute approximate surface area is 130 Å². The minimum absolute atomic E-state index is 0.315. The van der Waals surface area contributed by atoms with Crippen molar-refractivity contribution in [2.75, 3.05) is 19.8 Å². The van der Waals surface area contributed by atoms with Crippen LogP contribution in [0.3, 0.4) is 0 Å². The van der Waals surface area contributed by atoms with Crippen molar-refractivity contribution >= 4 is 17.6 Å². The van der Waals surface area contributed by atoms with E-state index in [1.807, 2.05) is 0 Å². The zero-order valence-electron chi connectivity index (χ0n) is 12.3. The first-order valence-electron chi connectivity index (χ1n) is 7.43. The minimum Gasteiger partial charge on any atom is -0.492 e. The topological polar surface area (TPSA) is 44.8 Å². The molecule has 0 radical (unpaired) electrons. The summed E-state index contributed by atoms with van der Waals surface area (Å²) in [5, 5.41) is 0.490. The maximum atomic E-state index is 12.2. The van der Waals surface area contributed by atoms with Crippen LogP contribution in [-0.4, -0.2) is 25.8 Å². The molecular weight excluding hydrogens is 292 g/mol. The van der Waals surface area contributed by atoms with E-state index in [1.165, 1.54) is 0 Å². The molecule has 0 aliphatic carbocycles. The number of rotatable bonds is 2. The molecule has 0 N–H and O–H groups in total. The monoisotopic (exact) mass is 312 g/mol. The Balaban J connectivity index is 2.33. The number of benzene rings is 1. The first kappa shape index (κ1) is 16.1. The largest absolute Gasteiger partial charge is 0.492 e. The normalized spacial score (nSPS) is 19.8. The summed E-state index contributed by atoms with van der Waals surface area (Å²) in [6, 6.07) is 5.35. The summed E-state index contributed by atoms with van der Waals surface area (Å²) >= 11 is 6.22. The van der Waals surface area contributed by atoms with Crippen LogP contribution in [0.5, 0.6) is 5.75 Å². The fraction of sp³-hybridized carbons (Fsp3) is 0.562. The lowest BCUT2D eigenvalue weighted by Crippen LogP contribution is -2.20. The van der Waals surface area contributed by atoms with Gasteiger partial charge in [0.05, 0.1) is 18.2 Å². The molecule has 1 aliphatic rings. The highest BCUT2D eigenvalue weighted by Crippen LogP contribution is 2.35. The van der Waals surface area contributed by atoms with Crippen LogP contribution in [0.2, 0.25) is 5.02 Å². The predicted molar refractivity (Wildman–Crippen MR) is 80.7 cm³/mol. The number of ether oxygens (including phenoxy) is 3. The van der Waals surface area contributed by atoms with Gasteiger partial charge in [-0.2, -0.15) is 0 Å². The van der Waals surface area contributed by atoms with E-state index in [2.05, 4.69) is 0 Å². The van der Waals surface area contributed by atoms with Crippen molar-refractivity contribution in [3.05, 3.63) is 28.8 Å². The van der Waals surface area contributed by atoms with Crippen LogP contribution in [0.15, 0.2) is 18.2 Å². The molecule has 1 unspecified atom stereocenters. The quantitative estimate of drug-likeness (QED) is 0.777. The number of hydrogen-bond donors (Lipinski definition) is 0. The molecule has 0 amide bonds. The van der Waals surface area contributed by atoms with Crippen LogP contribution in [0.25, 0.3) is 0 Å². The number of esters is 1. The smallest absolute Gasteiger partial charge is 0.340 e. The van der Waals surface area contributed by atoms with Gasteiger partial charge < -0.3 is 14.2 Å². The Bertz CT molecular complexity index is 475. The molecule has 1 aromatic carbocycles. The van der Waals surface area contributed by atoms with Crippen molar-refractivity contribution in [2.24, 2.45) is 0 Å². The molecule has 0 fully saturated rings. The number of hydrogen-bond acceptors (Lipinski definition) is 4. The fourth-order valence-electron chi connectivity index (χ4n) is 2.32. The summed E-state index contributed by atoms with van der Waals surface area (Å²) in [6.07, 6.45) is 3.24. The van der Waals surface area contributed by atoms with Crippen LogP contribution in [0, 0.1) is 0 Å². The van der Waals surface area contributed by atoms with Gasteiger partial charge in [-0.25, -0.2) is 4.79 Å². The molecule has 0 spiro atoms. The van der Waals surface area contributed by atoms with E-state index in [-0.39, 0.29) is 0 Å². The predicted octanol–water partition coefficient (Wildman–Crippen LogP) is 3.91. The average molecular weight is 313 g/mol. The maximum absolute atomic E-state index is 12.2. The third kappa shape index (κ3) is 4.35. The Kier molecular flexibility index (Phi) is 6.33. The van der Waals surface area contributed by atoms with Gasteiger partial charge in [0, 0.05) is 12.2 Å². The molecule has 116 valence electrons. The maximum Gasteiger partial charge on any atom is 0.340 e. The Hall–Kier alpha value is -1.26. The molecule has 0 saturated carbocycles. The fourth-order valence-corrected chi connectivity index (χ4v) is 2.56. The Morgan fingerprint density at radius 2 is 2.05 bits per heavy atom. The third-order valence-electron chi connectivity index (χ3n) is 3.35. The van der Waals surface area contributed by atoms with Crippen molar-refractivity contribution in [2.45, 2.75) is 38.7 Å². The van der Waals surface area contributed by atoms with E-state index in [0.29, 0.717) is 36.2 Å². The molecule has 4 nitrogen and oxygen atoms in total. The minimum atomic E-state index is -0.781. The van der Waals surface area contributed by atoms with Crippen LogP contribution < -0.4 is 4.74 Å². The molecule has 1 aromatic rings. The molecule has 1 atom stereocenters. The van der Waals surface area contributed by atoms with Gasteiger partial charge in [-0.05, 0) is 32.3 Å². The molecular formula is C16H21ClO4. The van der Waals surface area contributed by atoms with Gasteiger partial charge in [0.1, 0.15) is 5.75 Å². The molecule has 0 bridgehead atoms. The number of para-hydroxylation sites is 1. The summed E-state index contributed by atoms with van der Waals surface area (Å²) in [6.45, 7) is 3.20. The van der Waals surface area contributed by atoms with Gasteiger partial charge in [-0.15, -0.1) is 0 Å². The van der Waals surface area contributed by atoms with Gasteiger partial charge in [0.15, 0.2) is 6.10 Å². The molecule has 0 aromatic heterocycles. The van der Waals surface area contributed by atoms with E-state index < -0.39 is 12.1 Å². The lowest BCUT2D eigenvalue weighted by Gasteiger charge is -2.20. The second kappa shape index (κ2) is 8.25. The highest BCUT2D eigenvalue weighted by molar-refractivity contribution is 6.32. The summed E-state index contributed by atoms with van der Waals surface area (Å²) in [4.78, 5) is 12.2. The van der Waals surface area contributed by atoms with E-state index in [1.54, 1.807) is 25.1 Å². The van der Waals surface area contributed by atoms with Crippen molar-refractivity contribution in [3.8, 4) is 5.75 Å². The van der Waals surface area contributed by atoms with Crippen LogP contribution in [0.1, 0.15) is 44.3 Å². The first-order chi connectivity index (χ1) is 10.2. The molecule has 0 saturated heterocycles. The molecule has 21 heavy (non-hydrogen) atoms. The Morgan fingerprint density at radius 3 is 2.81 bits per heavy atom. The lowest BCUT2D eigenvalue weighted by atomic mass is 10.1. The van der Waals surface area contributed by atoms with Gasteiger partial charge in [-0.3, -0.25) is 0 Å². The van der Waals surface area contributed by atoms with Gasteiger partial charge in [0.25, 0.3) is 0 Å². The SMILES string of the molecule is CCOC(=O)C1OCCCCCCOc2c(Cl)cccc21. The summed E-state index contributed by atoms with van der Waals surface area (Å²) in [5.74, 6) is 0.128. The average Bonchev–Trinajstić information content (AvgIpc) is 2.51. The summed E-state index contributed by atoms with van der Waals surface area (Å²) in [5.41, 5.74) is 0.642. The van der Waals surface area contributed by atoms with Crippen LogP contribution in [-0.2, 0) is 14.3 Å². The van der Waals surface area contributed by atoms with E-state index in [4.69, 9.17) is 25.8 Å². The van der Waals surface area contributed by atoms with Crippen molar-refractivity contribution in [3.63, 3.8) is 0 Å². The number of carbonyl (C=O) groups excluding carboxylic acids is 1. The highest BCUT2D eigenvalue weighted by Gasteiger charge is 2.27. The second-order valence-electron chi connectivity index (χ2n) is 4.92. The summed E-state index contributed by atoms with van der Waals surface area (Å²) in [7, 11) is 0. The van der Waals surface area contributed by atoms with Crippen molar-refractivity contribution in [1.29, 1.82) is 0 Å². The zero-order valence-corrected chi connectivity index (χ0v) is 13.0. The first-order valence-corrected chi connectivity index (χ1v) is 7.81. The van der Waals surface area contributed by atoms with Gasteiger partial charge in [-0.1, -0.05) is 30.2 Å². The van der Waals surface area contributed by atoms with E-state index >= 15 is 0 Å². The highest BCUT2D eigenvalue weighted by atomic mass is 35.5. The van der Waals surface area contributed by atoms with Crippen molar-refractivity contribution < 1.29 is 19.0 Å². The van der Waals surface area contributed by atoms with E-state index in [0.717, 1.165) is 25.7 Å². The third-order valence-corrected chi connectivity index (χ3v) is 3.65. The molecule has 5 heteroatoms. The molecule has 1 heterocycles. The van der Waals surface area contributed by atoms with Gasteiger partial charge in [0.2, 0.25) is 0 Å². The van der Waals surface area contributed by atoms with Crippen molar-refractivity contribution in [1.82, 2.24) is 0 Å². The van der Waals surface area contributed by atoms with Crippen LogP contribution in [0.4, 0.5) is 0 Å². The Morgan fingerprint density at radius 1 is 1.29 bits per heavy atom. The number of carbonyl (C=O) groups is 1.